The smallest absolute Gasteiger partial charge is 0.222 e. The third-order valence-electron chi connectivity index (χ3n) is 4.02. The van der Waals surface area contributed by atoms with Crippen molar-refractivity contribution in [3.8, 4) is 0 Å². The fraction of sp³-hybridized carbons (Fsp3) is 0.846. The molecule has 5 nitrogen and oxygen atoms in total. The van der Waals surface area contributed by atoms with Crippen molar-refractivity contribution in [3.63, 3.8) is 0 Å². The van der Waals surface area contributed by atoms with Crippen molar-refractivity contribution in [1.29, 1.82) is 0 Å². The average molecular weight is 253 g/mol. The minimum atomic E-state index is 0.0499. The summed E-state index contributed by atoms with van der Waals surface area (Å²) in [6, 6.07) is 0.330. The third kappa shape index (κ3) is 3.70. The van der Waals surface area contributed by atoms with E-state index in [1.165, 1.54) is 0 Å². The first-order valence-electron chi connectivity index (χ1n) is 6.95. The largest absolute Gasteiger partial charge is 0.354 e. The summed E-state index contributed by atoms with van der Waals surface area (Å²) in [7, 11) is 0. The van der Waals surface area contributed by atoms with E-state index in [1.54, 1.807) is 0 Å². The van der Waals surface area contributed by atoms with Crippen molar-refractivity contribution in [1.82, 2.24) is 10.2 Å². The van der Waals surface area contributed by atoms with E-state index in [-0.39, 0.29) is 11.8 Å². The number of amides is 2. The van der Waals surface area contributed by atoms with E-state index in [0.717, 1.165) is 25.7 Å². The van der Waals surface area contributed by atoms with E-state index in [4.69, 9.17) is 5.73 Å². The molecule has 0 spiro atoms. The molecule has 5 heteroatoms. The molecule has 0 aromatic rings. The van der Waals surface area contributed by atoms with Gasteiger partial charge >= 0.3 is 0 Å². The first kappa shape index (κ1) is 13.3. The number of carbonyl (C=O) groups excluding carboxylic acids is 2. The highest BCUT2D eigenvalue weighted by atomic mass is 16.2. The molecular weight excluding hydrogens is 230 g/mol. The van der Waals surface area contributed by atoms with E-state index in [0.29, 0.717) is 44.4 Å². The monoisotopic (exact) mass is 253 g/mol. The molecule has 1 aliphatic heterocycles. The number of nitrogens with two attached hydrogens (primary N) is 1. The Hall–Kier alpha value is -1.10. The zero-order chi connectivity index (χ0) is 13.0. The topological polar surface area (TPSA) is 75.4 Å². The molecule has 1 saturated heterocycles. The summed E-state index contributed by atoms with van der Waals surface area (Å²) < 4.78 is 0. The van der Waals surface area contributed by atoms with Crippen LogP contribution in [0.4, 0.5) is 0 Å². The molecule has 2 amide bonds. The maximum atomic E-state index is 12.2. The number of hydrogen-bond acceptors (Lipinski definition) is 3. The molecular formula is C13H23N3O2. The van der Waals surface area contributed by atoms with Crippen LogP contribution in [0.3, 0.4) is 0 Å². The second-order valence-corrected chi connectivity index (χ2v) is 5.47. The highest BCUT2D eigenvalue weighted by Gasteiger charge is 2.24. The summed E-state index contributed by atoms with van der Waals surface area (Å²) in [4.78, 5) is 25.2. The molecule has 0 bridgehead atoms. The van der Waals surface area contributed by atoms with Gasteiger partial charge in [0.05, 0.1) is 0 Å². The summed E-state index contributed by atoms with van der Waals surface area (Å²) in [6.45, 7) is 1.80. The van der Waals surface area contributed by atoms with Crippen LogP contribution >= 0.6 is 0 Å². The molecule has 2 aliphatic rings. The minimum Gasteiger partial charge on any atom is -0.354 e. The van der Waals surface area contributed by atoms with E-state index >= 15 is 0 Å². The van der Waals surface area contributed by atoms with Gasteiger partial charge in [0.25, 0.3) is 0 Å². The third-order valence-corrected chi connectivity index (χ3v) is 4.02. The Morgan fingerprint density at radius 1 is 1.28 bits per heavy atom. The number of hydrogen-bond donors (Lipinski definition) is 2. The minimum absolute atomic E-state index is 0.0499. The van der Waals surface area contributed by atoms with Gasteiger partial charge in [0.1, 0.15) is 0 Å². The van der Waals surface area contributed by atoms with Gasteiger partial charge in [-0.2, -0.15) is 0 Å². The maximum Gasteiger partial charge on any atom is 0.222 e. The fourth-order valence-corrected chi connectivity index (χ4v) is 2.78. The van der Waals surface area contributed by atoms with Gasteiger partial charge in [0, 0.05) is 38.5 Å². The van der Waals surface area contributed by atoms with Crippen molar-refractivity contribution in [2.45, 2.75) is 44.6 Å². The molecule has 102 valence electrons. The summed E-state index contributed by atoms with van der Waals surface area (Å²) >= 11 is 0. The molecule has 0 aromatic heterocycles. The van der Waals surface area contributed by atoms with Gasteiger partial charge in [-0.3, -0.25) is 9.59 Å². The molecule has 1 aliphatic carbocycles. The van der Waals surface area contributed by atoms with Gasteiger partial charge in [-0.15, -0.1) is 0 Å². The Bertz CT molecular complexity index is 311. The van der Waals surface area contributed by atoms with Crippen LogP contribution in [0.5, 0.6) is 0 Å². The van der Waals surface area contributed by atoms with E-state index < -0.39 is 0 Å². The zero-order valence-electron chi connectivity index (χ0n) is 10.9. The summed E-state index contributed by atoms with van der Waals surface area (Å²) in [5.74, 6) is 0.741. The predicted octanol–water partition coefficient (Wildman–Crippen LogP) is 0.242. The Kier molecular flexibility index (Phi) is 4.58. The molecule has 1 saturated carbocycles. The van der Waals surface area contributed by atoms with Gasteiger partial charge in [0.2, 0.25) is 11.8 Å². The fourth-order valence-electron chi connectivity index (χ4n) is 2.78. The van der Waals surface area contributed by atoms with Crippen LogP contribution < -0.4 is 11.1 Å². The zero-order valence-corrected chi connectivity index (χ0v) is 10.9. The van der Waals surface area contributed by atoms with Gasteiger partial charge in [-0.1, -0.05) is 0 Å². The SMILES string of the molecule is NC1CCC(CC(=O)N2CCNC(=O)CC2)CC1. The molecule has 18 heavy (non-hydrogen) atoms. The summed E-state index contributed by atoms with van der Waals surface area (Å²) in [5.41, 5.74) is 5.87. The lowest BCUT2D eigenvalue weighted by Crippen LogP contribution is -2.36. The molecule has 0 unspecified atom stereocenters. The van der Waals surface area contributed by atoms with E-state index in [9.17, 15) is 9.59 Å². The highest BCUT2D eigenvalue weighted by Crippen LogP contribution is 2.26. The second kappa shape index (κ2) is 6.18. The lowest BCUT2D eigenvalue weighted by molar-refractivity contribution is -0.132. The number of nitrogens with zero attached hydrogens (tertiary/aromatic N) is 1. The number of rotatable bonds is 2. The van der Waals surface area contributed by atoms with Crippen LogP contribution in [-0.4, -0.2) is 42.4 Å². The van der Waals surface area contributed by atoms with Gasteiger partial charge in [-0.05, 0) is 31.6 Å². The molecule has 3 N–H and O–H groups in total. The maximum absolute atomic E-state index is 12.2. The standard InChI is InChI=1S/C13H23N3O2/c14-11-3-1-10(2-4-11)9-13(18)16-7-5-12(17)15-6-8-16/h10-11H,1-9,14H2,(H,15,17). The molecule has 2 rings (SSSR count). The molecule has 0 radical (unpaired) electrons. The van der Waals surface area contributed by atoms with Crippen LogP contribution in [0.25, 0.3) is 0 Å². The van der Waals surface area contributed by atoms with Gasteiger partial charge < -0.3 is 16.0 Å². The Labute approximate surface area is 108 Å². The first-order valence-corrected chi connectivity index (χ1v) is 6.95. The second-order valence-electron chi connectivity index (χ2n) is 5.47. The number of carbonyl (C=O) groups is 2. The van der Waals surface area contributed by atoms with Crippen LogP contribution in [0.15, 0.2) is 0 Å². The predicted molar refractivity (Wildman–Crippen MR) is 68.8 cm³/mol. The normalized spacial score (nSPS) is 29.6. The highest BCUT2D eigenvalue weighted by molar-refractivity contribution is 5.80. The van der Waals surface area contributed by atoms with Crippen LogP contribution in [-0.2, 0) is 9.59 Å². The summed E-state index contributed by atoms with van der Waals surface area (Å²) in [6.07, 6.45) is 5.27. The van der Waals surface area contributed by atoms with Crippen molar-refractivity contribution in [2.24, 2.45) is 11.7 Å². The van der Waals surface area contributed by atoms with Crippen LogP contribution in [0.2, 0.25) is 0 Å². The lowest BCUT2D eigenvalue weighted by Gasteiger charge is -2.28. The quantitative estimate of drug-likeness (QED) is 0.740. The van der Waals surface area contributed by atoms with E-state index in [2.05, 4.69) is 5.32 Å². The molecule has 1 heterocycles. The Balaban J connectivity index is 1.78. The first-order chi connectivity index (χ1) is 8.65. The van der Waals surface area contributed by atoms with Crippen molar-refractivity contribution in [2.75, 3.05) is 19.6 Å². The van der Waals surface area contributed by atoms with Crippen LogP contribution in [0.1, 0.15) is 38.5 Å². The summed E-state index contributed by atoms with van der Waals surface area (Å²) in [5, 5.41) is 2.79. The van der Waals surface area contributed by atoms with E-state index in [1.807, 2.05) is 4.90 Å². The Morgan fingerprint density at radius 3 is 2.72 bits per heavy atom. The van der Waals surface area contributed by atoms with Crippen molar-refractivity contribution in [3.05, 3.63) is 0 Å². The average Bonchev–Trinajstić information content (AvgIpc) is 2.57. The molecule has 0 atom stereocenters. The lowest BCUT2D eigenvalue weighted by atomic mass is 9.84. The molecule has 0 aromatic carbocycles. The van der Waals surface area contributed by atoms with Crippen molar-refractivity contribution < 1.29 is 9.59 Å². The molecule has 2 fully saturated rings. The van der Waals surface area contributed by atoms with Crippen molar-refractivity contribution >= 4 is 11.8 Å². The van der Waals surface area contributed by atoms with Gasteiger partial charge in [-0.25, -0.2) is 0 Å². The van der Waals surface area contributed by atoms with Crippen LogP contribution in [0, 0.1) is 5.92 Å². The number of nitrogens with one attached hydrogen (secondary N) is 1. The Morgan fingerprint density at radius 2 is 2.00 bits per heavy atom. The van der Waals surface area contributed by atoms with Gasteiger partial charge in [0.15, 0.2) is 0 Å².